The van der Waals surface area contributed by atoms with Gasteiger partial charge in [0.05, 0.1) is 0 Å². The van der Waals surface area contributed by atoms with Crippen molar-refractivity contribution in [2.75, 3.05) is 26.7 Å². The lowest BCUT2D eigenvalue weighted by molar-refractivity contribution is -0.0561. The van der Waals surface area contributed by atoms with Crippen molar-refractivity contribution in [1.82, 2.24) is 9.80 Å². The molecule has 0 aromatic carbocycles. The van der Waals surface area contributed by atoms with Crippen LogP contribution in [0.1, 0.15) is 41.5 Å². The summed E-state index contributed by atoms with van der Waals surface area (Å²) >= 11 is 0. The molecule has 1 heterocycles. The standard InChI is InChI=1S/C13H28N2/c1-11(2)15-9-13(6,10-15)14(7)8-12(3,4)5/h11H,8-10H2,1-7H3. The quantitative estimate of drug-likeness (QED) is 0.709. The van der Waals surface area contributed by atoms with Gasteiger partial charge >= 0.3 is 0 Å². The van der Waals surface area contributed by atoms with E-state index in [4.69, 9.17) is 0 Å². The molecule has 0 saturated carbocycles. The summed E-state index contributed by atoms with van der Waals surface area (Å²) in [5.41, 5.74) is 0.799. The van der Waals surface area contributed by atoms with Gasteiger partial charge in [-0.05, 0) is 33.2 Å². The van der Waals surface area contributed by atoms with Crippen LogP contribution in [0.25, 0.3) is 0 Å². The van der Waals surface area contributed by atoms with Crippen molar-refractivity contribution in [2.45, 2.75) is 53.1 Å². The number of nitrogens with zero attached hydrogens (tertiary/aromatic N) is 2. The lowest BCUT2D eigenvalue weighted by Crippen LogP contribution is -2.69. The Hall–Kier alpha value is -0.0800. The van der Waals surface area contributed by atoms with E-state index in [1.807, 2.05) is 0 Å². The highest BCUT2D eigenvalue weighted by Crippen LogP contribution is 2.30. The van der Waals surface area contributed by atoms with Crippen molar-refractivity contribution in [1.29, 1.82) is 0 Å². The van der Waals surface area contributed by atoms with Gasteiger partial charge in [0, 0.05) is 31.2 Å². The Kier molecular flexibility index (Phi) is 3.52. The summed E-state index contributed by atoms with van der Waals surface area (Å²) in [6, 6.07) is 0.695. The highest BCUT2D eigenvalue weighted by Gasteiger charge is 2.43. The zero-order valence-electron chi connectivity index (χ0n) is 11.6. The minimum absolute atomic E-state index is 0.399. The van der Waals surface area contributed by atoms with Crippen molar-refractivity contribution in [3.8, 4) is 0 Å². The third-order valence-electron chi connectivity index (χ3n) is 3.45. The topological polar surface area (TPSA) is 6.48 Å². The van der Waals surface area contributed by atoms with Crippen LogP contribution in [0.15, 0.2) is 0 Å². The normalized spacial score (nSPS) is 22.2. The molecule has 90 valence electrons. The molecule has 0 atom stereocenters. The minimum Gasteiger partial charge on any atom is -0.298 e. The van der Waals surface area contributed by atoms with Gasteiger partial charge in [-0.25, -0.2) is 0 Å². The predicted octanol–water partition coefficient (Wildman–Crippen LogP) is 2.45. The second kappa shape index (κ2) is 4.06. The first kappa shape index (κ1) is 13.0. The third kappa shape index (κ3) is 3.18. The lowest BCUT2D eigenvalue weighted by atomic mass is 9.86. The molecule has 0 unspecified atom stereocenters. The van der Waals surface area contributed by atoms with Crippen LogP contribution >= 0.6 is 0 Å². The number of hydrogen-bond acceptors (Lipinski definition) is 2. The highest BCUT2D eigenvalue weighted by atomic mass is 15.3. The molecular formula is C13H28N2. The zero-order chi connectivity index (χ0) is 11.9. The van der Waals surface area contributed by atoms with Crippen LogP contribution in [0.2, 0.25) is 0 Å². The smallest absolute Gasteiger partial charge is 0.0432 e. The Bertz CT molecular complexity index is 209. The molecule has 0 N–H and O–H groups in total. The molecule has 15 heavy (non-hydrogen) atoms. The Morgan fingerprint density at radius 3 is 2.07 bits per heavy atom. The van der Waals surface area contributed by atoms with E-state index < -0.39 is 0 Å². The molecular weight excluding hydrogens is 184 g/mol. The summed E-state index contributed by atoms with van der Waals surface area (Å²) in [6.07, 6.45) is 0. The fraction of sp³-hybridized carbons (Fsp3) is 1.00. The summed E-state index contributed by atoms with van der Waals surface area (Å²) in [4.78, 5) is 5.07. The van der Waals surface area contributed by atoms with Gasteiger partial charge in [0.15, 0.2) is 0 Å². The van der Waals surface area contributed by atoms with E-state index in [0.29, 0.717) is 17.0 Å². The Morgan fingerprint density at radius 1 is 1.27 bits per heavy atom. The maximum Gasteiger partial charge on any atom is 0.0432 e. The van der Waals surface area contributed by atoms with Gasteiger partial charge in [-0.15, -0.1) is 0 Å². The van der Waals surface area contributed by atoms with E-state index in [2.05, 4.69) is 58.4 Å². The molecule has 0 aromatic heterocycles. The van der Waals surface area contributed by atoms with Crippen molar-refractivity contribution >= 4 is 0 Å². The van der Waals surface area contributed by atoms with Crippen molar-refractivity contribution in [3.05, 3.63) is 0 Å². The molecule has 1 aliphatic heterocycles. The first-order chi connectivity index (χ1) is 6.64. The number of likely N-dealkylation sites (tertiary alicyclic amines) is 1. The van der Waals surface area contributed by atoms with E-state index in [9.17, 15) is 0 Å². The maximum absolute atomic E-state index is 2.54. The third-order valence-corrected chi connectivity index (χ3v) is 3.45. The van der Waals surface area contributed by atoms with Crippen LogP contribution in [-0.2, 0) is 0 Å². The summed E-state index contributed by atoms with van der Waals surface area (Å²) < 4.78 is 0. The summed E-state index contributed by atoms with van der Waals surface area (Å²) in [5.74, 6) is 0. The molecule has 1 fully saturated rings. The van der Waals surface area contributed by atoms with Gasteiger partial charge < -0.3 is 0 Å². The van der Waals surface area contributed by atoms with Crippen LogP contribution in [0.5, 0.6) is 0 Å². The molecule has 1 aliphatic rings. The average Bonchev–Trinajstić information content (AvgIpc) is 1.94. The number of rotatable bonds is 3. The second-order valence-electron chi connectivity index (χ2n) is 6.91. The number of likely N-dealkylation sites (N-methyl/N-ethyl adjacent to an activating group) is 1. The van der Waals surface area contributed by atoms with E-state index in [1.165, 1.54) is 19.6 Å². The molecule has 1 saturated heterocycles. The fourth-order valence-corrected chi connectivity index (χ4v) is 2.34. The Balaban J connectivity index is 2.45. The van der Waals surface area contributed by atoms with E-state index in [-0.39, 0.29) is 0 Å². The van der Waals surface area contributed by atoms with Gasteiger partial charge in [0.1, 0.15) is 0 Å². The largest absolute Gasteiger partial charge is 0.298 e. The molecule has 0 spiro atoms. The summed E-state index contributed by atoms with van der Waals surface area (Å²) in [5, 5.41) is 0. The molecule has 0 aliphatic carbocycles. The first-order valence-electron chi connectivity index (χ1n) is 6.09. The second-order valence-corrected chi connectivity index (χ2v) is 6.91. The molecule has 2 heteroatoms. The highest BCUT2D eigenvalue weighted by molar-refractivity contribution is 5.01. The molecule has 0 aromatic rings. The van der Waals surface area contributed by atoms with Crippen LogP contribution < -0.4 is 0 Å². The SMILES string of the molecule is CC(C)N1CC(C)(N(C)CC(C)(C)C)C1. The molecule has 0 radical (unpaired) electrons. The van der Waals surface area contributed by atoms with Crippen molar-refractivity contribution < 1.29 is 0 Å². The molecule has 0 bridgehead atoms. The maximum atomic E-state index is 2.54. The van der Waals surface area contributed by atoms with Crippen LogP contribution in [0.4, 0.5) is 0 Å². The summed E-state index contributed by atoms with van der Waals surface area (Å²) in [7, 11) is 2.27. The monoisotopic (exact) mass is 212 g/mol. The van der Waals surface area contributed by atoms with Gasteiger partial charge in [0.2, 0.25) is 0 Å². The Morgan fingerprint density at radius 2 is 1.73 bits per heavy atom. The van der Waals surface area contributed by atoms with Gasteiger partial charge in [-0.3, -0.25) is 9.80 Å². The zero-order valence-corrected chi connectivity index (χ0v) is 11.6. The van der Waals surface area contributed by atoms with E-state index >= 15 is 0 Å². The van der Waals surface area contributed by atoms with Gasteiger partial charge in [-0.2, -0.15) is 0 Å². The number of hydrogen-bond donors (Lipinski definition) is 0. The summed E-state index contributed by atoms with van der Waals surface area (Å²) in [6.45, 7) is 17.5. The van der Waals surface area contributed by atoms with E-state index in [0.717, 1.165) is 0 Å². The molecule has 2 nitrogen and oxygen atoms in total. The lowest BCUT2D eigenvalue weighted by Gasteiger charge is -2.55. The molecule has 0 amide bonds. The molecule has 1 rings (SSSR count). The van der Waals surface area contributed by atoms with Crippen LogP contribution in [-0.4, -0.2) is 48.1 Å². The van der Waals surface area contributed by atoms with Gasteiger partial charge in [-0.1, -0.05) is 20.8 Å². The van der Waals surface area contributed by atoms with Gasteiger partial charge in [0.25, 0.3) is 0 Å². The van der Waals surface area contributed by atoms with E-state index in [1.54, 1.807) is 0 Å². The predicted molar refractivity (Wildman–Crippen MR) is 67.2 cm³/mol. The van der Waals surface area contributed by atoms with Crippen LogP contribution in [0.3, 0.4) is 0 Å². The van der Waals surface area contributed by atoms with Crippen molar-refractivity contribution in [3.63, 3.8) is 0 Å². The minimum atomic E-state index is 0.399. The van der Waals surface area contributed by atoms with Crippen molar-refractivity contribution in [2.24, 2.45) is 5.41 Å². The first-order valence-corrected chi connectivity index (χ1v) is 6.09. The Labute approximate surface area is 95.6 Å². The average molecular weight is 212 g/mol. The fourth-order valence-electron chi connectivity index (χ4n) is 2.34. The van der Waals surface area contributed by atoms with Crippen LogP contribution in [0, 0.1) is 5.41 Å².